The van der Waals surface area contributed by atoms with E-state index in [1.807, 2.05) is 0 Å². The lowest BCUT2D eigenvalue weighted by Crippen LogP contribution is -2.38. The molecule has 134 valence electrons. The maximum atomic E-state index is 12.1. The normalized spacial score (nSPS) is 11.2. The minimum Gasteiger partial charge on any atom is -0.495 e. The number of nitrogens with zero attached hydrogens (tertiary/aromatic N) is 2. The summed E-state index contributed by atoms with van der Waals surface area (Å²) in [5, 5.41) is 7.56. The number of benzene rings is 1. The number of carbonyl (C=O) groups excluding carboxylic acids is 1. The monoisotopic (exact) mass is 368 g/mol. The van der Waals surface area contributed by atoms with Crippen LogP contribution in [0.25, 0.3) is 0 Å². The van der Waals surface area contributed by atoms with Crippen molar-refractivity contribution < 1.29 is 17.9 Å². The van der Waals surface area contributed by atoms with Crippen LogP contribution in [-0.2, 0) is 28.4 Å². The highest BCUT2D eigenvalue weighted by molar-refractivity contribution is 7.89. The molecule has 3 N–H and O–H groups in total. The fourth-order valence-corrected chi connectivity index (χ4v) is 2.79. The number of amides is 1. The average Bonchev–Trinajstić information content (AvgIpc) is 2.54. The first-order valence-electron chi connectivity index (χ1n) is 6.90. The molecule has 0 bridgehead atoms. The third-order valence-electron chi connectivity index (χ3n) is 3.33. The minimum absolute atomic E-state index is 0.0368. The van der Waals surface area contributed by atoms with E-state index in [-0.39, 0.29) is 22.9 Å². The van der Waals surface area contributed by atoms with Crippen molar-refractivity contribution in [2.45, 2.75) is 11.4 Å². The maximum absolute atomic E-state index is 12.1. The van der Waals surface area contributed by atoms with Crippen molar-refractivity contribution in [2.75, 3.05) is 12.4 Å². The van der Waals surface area contributed by atoms with Crippen LogP contribution >= 0.6 is 0 Å². The molecule has 10 nitrogen and oxygen atoms in total. The zero-order valence-corrected chi connectivity index (χ0v) is 14.2. The third-order valence-corrected chi connectivity index (χ3v) is 4.26. The van der Waals surface area contributed by atoms with Crippen LogP contribution in [0.4, 0.5) is 5.69 Å². The van der Waals surface area contributed by atoms with Crippen molar-refractivity contribution in [3.8, 4) is 5.75 Å². The standard InChI is InChI=1S/C14H16N4O6S/c1-17-13(20)5-6-18(14(17)21)8-12(19)16-9-3-4-10(24-2)11(7-9)25(15,22)23/h3-7H,8H2,1-2H3,(H,16,19)(H2,15,22,23). The highest BCUT2D eigenvalue weighted by Crippen LogP contribution is 2.25. The van der Waals surface area contributed by atoms with Gasteiger partial charge in [0.15, 0.2) is 0 Å². The number of carbonyl (C=O) groups is 1. The first kappa shape index (κ1) is 18.4. The Kier molecular flexibility index (Phi) is 5.09. The van der Waals surface area contributed by atoms with E-state index in [9.17, 15) is 22.8 Å². The molecule has 2 rings (SSSR count). The largest absolute Gasteiger partial charge is 0.495 e. The van der Waals surface area contributed by atoms with Crippen LogP contribution < -0.4 is 26.4 Å². The van der Waals surface area contributed by atoms with Gasteiger partial charge in [-0.15, -0.1) is 0 Å². The number of ether oxygens (including phenoxy) is 1. The topological polar surface area (TPSA) is 142 Å². The lowest BCUT2D eigenvalue weighted by molar-refractivity contribution is -0.116. The molecule has 25 heavy (non-hydrogen) atoms. The molecular weight excluding hydrogens is 352 g/mol. The number of sulfonamides is 1. The molecule has 1 heterocycles. The van der Waals surface area contributed by atoms with Crippen molar-refractivity contribution in [3.05, 3.63) is 51.3 Å². The van der Waals surface area contributed by atoms with Gasteiger partial charge in [-0.25, -0.2) is 18.4 Å². The summed E-state index contributed by atoms with van der Waals surface area (Å²) in [7, 11) is -1.47. The summed E-state index contributed by atoms with van der Waals surface area (Å²) in [6, 6.07) is 5.07. The Morgan fingerprint density at radius 3 is 2.56 bits per heavy atom. The van der Waals surface area contributed by atoms with Crippen LogP contribution in [0.2, 0.25) is 0 Å². The maximum Gasteiger partial charge on any atom is 0.331 e. The van der Waals surface area contributed by atoms with E-state index in [4.69, 9.17) is 9.88 Å². The van der Waals surface area contributed by atoms with Crippen LogP contribution in [0.3, 0.4) is 0 Å². The number of rotatable bonds is 5. The molecule has 0 fully saturated rings. The van der Waals surface area contributed by atoms with Crippen molar-refractivity contribution in [1.82, 2.24) is 9.13 Å². The van der Waals surface area contributed by atoms with Crippen LogP contribution in [0.5, 0.6) is 5.75 Å². The van der Waals surface area contributed by atoms with Crippen molar-refractivity contribution in [1.29, 1.82) is 0 Å². The molecule has 0 radical (unpaired) electrons. The van der Waals surface area contributed by atoms with Crippen LogP contribution in [0.15, 0.2) is 44.9 Å². The van der Waals surface area contributed by atoms with Gasteiger partial charge in [0.1, 0.15) is 17.2 Å². The first-order valence-corrected chi connectivity index (χ1v) is 8.45. The Bertz CT molecular complexity index is 1040. The van der Waals surface area contributed by atoms with Gasteiger partial charge in [0.05, 0.1) is 7.11 Å². The molecule has 0 spiro atoms. The summed E-state index contributed by atoms with van der Waals surface area (Å²) < 4.78 is 29.9. The van der Waals surface area contributed by atoms with E-state index < -0.39 is 27.2 Å². The highest BCUT2D eigenvalue weighted by atomic mass is 32.2. The fraction of sp³-hybridized carbons (Fsp3) is 0.214. The quantitative estimate of drug-likeness (QED) is 0.682. The average molecular weight is 368 g/mol. The predicted octanol–water partition coefficient (Wildman–Crippen LogP) is -1.16. The number of hydrogen-bond acceptors (Lipinski definition) is 6. The summed E-state index contributed by atoms with van der Waals surface area (Å²) in [6.45, 7) is -0.357. The number of anilines is 1. The number of aromatic nitrogens is 2. The van der Waals surface area contributed by atoms with Gasteiger partial charge in [0, 0.05) is 25.0 Å². The molecule has 0 saturated carbocycles. The van der Waals surface area contributed by atoms with Crippen LogP contribution in [0, 0.1) is 0 Å². The molecule has 2 aromatic rings. The van der Waals surface area contributed by atoms with Gasteiger partial charge in [0.2, 0.25) is 15.9 Å². The van der Waals surface area contributed by atoms with Gasteiger partial charge >= 0.3 is 5.69 Å². The molecule has 0 saturated heterocycles. The first-order chi connectivity index (χ1) is 11.6. The number of nitrogens with one attached hydrogen (secondary N) is 1. The van der Waals surface area contributed by atoms with Crippen molar-refractivity contribution >= 4 is 21.6 Å². The molecule has 0 atom stereocenters. The molecule has 0 aliphatic carbocycles. The second kappa shape index (κ2) is 6.91. The summed E-state index contributed by atoms with van der Waals surface area (Å²) in [5.41, 5.74) is -0.982. The lowest BCUT2D eigenvalue weighted by atomic mass is 10.3. The number of hydrogen-bond donors (Lipinski definition) is 2. The molecule has 0 unspecified atom stereocenters. The van der Waals surface area contributed by atoms with Gasteiger partial charge in [-0.05, 0) is 18.2 Å². The van der Waals surface area contributed by atoms with Crippen molar-refractivity contribution in [2.24, 2.45) is 12.2 Å². The molecular formula is C14H16N4O6S. The Morgan fingerprint density at radius 1 is 1.28 bits per heavy atom. The summed E-state index contributed by atoms with van der Waals surface area (Å²) >= 11 is 0. The van der Waals surface area contributed by atoms with Gasteiger partial charge in [-0.3, -0.25) is 18.7 Å². The second-order valence-corrected chi connectivity index (χ2v) is 6.61. The van der Waals surface area contributed by atoms with Gasteiger partial charge in [-0.1, -0.05) is 0 Å². The van der Waals surface area contributed by atoms with E-state index in [1.165, 1.54) is 32.5 Å². The molecule has 1 aromatic carbocycles. The lowest BCUT2D eigenvalue weighted by Gasteiger charge is -2.11. The summed E-state index contributed by atoms with van der Waals surface area (Å²) in [5.74, 6) is -0.555. The second-order valence-electron chi connectivity index (χ2n) is 5.08. The molecule has 1 amide bonds. The Labute approximate surface area is 142 Å². The molecule has 0 aliphatic heterocycles. The Morgan fingerprint density at radius 2 is 1.96 bits per heavy atom. The van der Waals surface area contributed by atoms with Gasteiger partial charge < -0.3 is 10.1 Å². The molecule has 1 aromatic heterocycles. The summed E-state index contributed by atoms with van der Waals surface area (Å²) in [4.78, 5) is 35.0. The van der Waals surface area contributed by atoms with E-state index in [2.05, 4.69) is 5.32 Å². The Balaban J connectivity index is 2.26. The van der Waals surface area contributed by atoms with Gasteiger partial charge in [-0.2, -0.15) is 0 Å². The SMILES string of the molecule is COc1ccc(NC(=O)Cn2ccc(=O)n(C)c2=O)cc1S(N)(=O)=O. The minimum atomic E-state index is -4.05. The molecule has 0 aliphatic rings. The van der Waals surface area contributed by atoms with E-state index in [0.717, 1.165) is 21.3 Å². The number of methoxy groups -OCH3 is 1. The predicted molar refractivity (Wildman–Crippen MR) is 88.9 cm³/mol. The number of nitrogens with two attached hydrogens (primary N) is 1. The smallest absolute Gasteiger partial charge is 0.331 e. The number of primary sulfonamides is 1. The van der Waals surface area contributed by atoms with E-state index in [0.29, 0.717) is 0 Å². The van der Waals surface area contributed by atoms with Gasteiger partial charge in [0.25, 0.3) is 5.56 Å². The Hall–Kier alpha value is -2.92. The zero-order valence-electron chi connectivity index (χ0n) is 13.4. The third kappa shape index (κ3) is 4.14. The van der Waals surface area contributed by atoms with Crippen LogP contribution in [0.1, 0.15) is 0 Å². The summed E-state index contributed by atoms with van der Waals surface area (Å²) in [6.07, 6.45) is 1.20. The fourth-order valence-electron chi connectivity index (χ4n) is 2.07. The van der Waals surface area contributed by atoms with Crippen LogP contribution in [-0.4, -0.2) is 30.6 Å². The molecule has 11 heteroatoms. The van der Waals surface area contributed by atoms with E-state index >= 15 is 0 Å². The van der Waals surface area contributed by atoms with E-state index in [1.54, 1.807) is 0 Å². The zero-order chi connectivity index (χ0) is 18.8. The van der Waals surface area contributed by atoms with Crippen molar-refractivity contribution in [3.63, 3.8) is 0 Å². The highest BCUT2D eigenvalue weighted by Gasteiger charge is 2.16.